The van der Waals surface area contributed by atoms with Crippen molar-refractivity contribution < 1.29 is 4.79 Å². The van der Waals surface area contributed by atoms with Gasteiger partial charge in [-0.15, -0.1) is 6.58 Å². The third kappa shape index (κ3) is 3.97. The second kappa shape index (κ2) is 8.25. The van der Waals surface area contributed by atoms with Crippen LogP contribution < -0.4 is 5.32 Å². The van der Waals surface area contributed by atoms with E-state index in [9.17, 15) is 4.79 Å². The van der Waals surface area contributed by atoms with E-state index in [0.29, 0.717) is 19.0 Å². The highest BCUT2D eigenvalue weighted by molar-refractivity contribution is 6.01. The number of hydrogen-bond donors (Lipinski definition) is 1. The third-order valence-corrected chi connectivity index (χ3v) is 4.97. The number of allylic oxidation sites excluding steroid dienone is 1. The fourth-order valence-electron chi connectivity index (χ4n) is 3.48. The fraction of sp³-hybridized carbons (Fsp3) is 0.364. The number of aryl methyl sites for hydroxylation is 2. The molecule has 0 aliphatic heterocycles. The van der Waals surface area contributed by atoms with Gasteiger partial charge in [0.05, 0.1) is 6.33 Å². The summed E-state index contributed by atoms with van der Waals surface area (Å²) in [5, 5.41) is 4.22. The Morgan fingerprint density at radius 1 is 1.37 bits per heavy atom. The van der Waals surface area contributed by atoms with Crippen LogP contribution in [-0.2, 0) is 13.1 Å². The average Bonchev–Trinajstić information content (AvgIpc) is 3.26. The molecule has 3 aromatic rings. The number of hydrogen-bond acceptors (Lipinski definition) is 2. The first-order valence-corrected chi connectivity index (χ1v) is 9.50. The van der Waals surface area contributed by atoms with E-state index in [1.54, 1.807) is 12.5 Å². The number of aromatic nitrogens is 3. The molecule has 0 spiro atoms. The monoisotopic (exact) mass is 364 g/mol. The quantitative estimate of drug-likeness (QED) is 0.479. The topological polar surface area (TPSA) is 51.9 Å². The van der Waals surface area contributed by atoms with Gasteiger partial charge < -0.3 is 14.5 Å². The molecule has 0 atom stereocenters. The number of nitrogens with zero attached hydrogens (tertiary/aromatic N) is 3. The van der Waals surface area contributed by atoms with Gasteiger partial charge in [0.15, 0.2) is 0 Å². The molecule has 27 heavy (non-hydrogen) atoms. The molecule has 0 saturated heterocycles. The van der Waals surface area contributed by atoms with Crippen LogP contribution in [0.15, 0.2) is 49.6 Å². The molecule has 3 rings (SSSR count). The smallest absolute Gasteiger partial charge is 0.268 e. The van der Waals surface area contributed by atoms with E-state index in [1.807, 2.05) is 23.8 Å². The van der Waals surface area contributed by atoms with Gasteiger partial charge in [0.1, 0.15) is 5.69 Å². The molecule has 5 nitrogen and oxygen atoms in total. The predicted molar refractivity (Wildman–Crippen MR) is 110 cm³/mol. The molecule has 1 amide bonds. The van der Waals surface area contributed by atoms with Crippen LogP contribution >= 0.6 is 0 Å². The lowest BCUT2D eigenvalue weighted by Crippen LogP contribution is -2.28. The van der Waals surface area contributed by atoms with Crippen molar-refractivity contribution in [2.75, 3.05) is 6.54 Å². The SMILES string of the molecule is C=CCn1c(C(=O)NCCCn2ccnc2)c(C)c2cc(C(C)C)ccc21. The third-order valence-electron chi connectivity index (χ3n) is 4.97. The zero-order valence-electron chi connectivity index (χ0n) is 16.4. The van der Waals surface area contributed by atoms with E-state index in [4.69, 9.17) is 0 Å². The van der Waals surface area contributed by atoms with Crippen molar-refractivity contribution in [2.24, 2.45) is 0 Å². The van der Waals surface area contributed by atoms with Crippen molar-refractivity contribution in [1.29, 1.82) is 0 Å². The normalized spacial score (nSPS) is 11.3. The number of amides is 1. The van der Waals surface area contributed by atoms with Crippen LogP contribution in [0.2, 0.25) is 0 Å². The van der Waals surface area contributed by atoms with Crippen molar-refractivity contribution in [3.8, 4) is 0 Å². The molecular formula is C22H28N4O. The number of imidazole rings is 1. The first-order valence-electron chi connectivity index (χ1n) is 9.50. The minimum absolute atomic E-state index is 0.0257. The summed E-state index contributed by atoms with van der Waals surface area (Å²) in [6, 6.07) is 6.49. The van der Waals surface area contributed by atoms with Gasteiger partial charge in [-0.1, -0.05) is 26.0 Å². The van der Waals surface area contributed by atoms with Crippen molar-refractivity contribution in [3.63, 3.8) is 0 Å². The Balaban J connectivity index is 1.82. The molecule has 0 unspecified atom stereocenters. The Morgan fingerprint density at radius 3 is 2.85 bits per heavy atom. The van der Waals surface area contributed by atoms with Crippen LogP contribution in [-0.4, -0.2) is 26.6 Å². The largest absolute Gasteiger partial charge is 0.351 e. The highest BCUT2D eigenvalue weighted by Crippen LogP contribution is 2.29. The second-order valence-electron chi connectivity index (χ2n) is 7.21. The van der Waals surface area contributed by atoms with Crippen molar-refractivity contribution in [1.82, 2.24) is 19.4 Å². The summed E-state index contributed by atoms with van der Waals surface area (Å²) in [5.74, 6) is 0.430. The summed E-state index contributed by atoms with van der Waals surface area (Å²) in [4.78, 5) is 17.0. The van der Waals surface area contributed by atoms with E-state index in [1.165, 1.54) is 5.56 Å². The summed E-state index contributed by atoms with van der Waals surface area (Å²) in [6.07, 6.45) is 8.19. The number of carbonyl (C=O) groups is 1. The van der Waals surface area contributed by atoms with Gasteiger partial charge >= 0.3 is 0 Å². The van der Waals surface area contributed by atoms with E-state index in [0.717, 1.165) is 35.1 Å². The maximum absolute atomic E-state index is 12.9. The summed E-state index contributed by atoms with van der Waals surface area (Å²) in [6.45, 7) is 12.3. The summed E-state index contributed by atoms with van der Waals surface area (Å²) in [5.41, 5.74) is 4.13. The molecule has 0 radical (unpaired) electrons. The van der Waals surface area contributed by atoms with E-state index in [2.05, 4.69) is 53.5 Å². The molecule has 0 bridgehead atoms. The molecule has 0 fully saturated rings. The van der Waals surface area contributed by atoms with Gasteiger partial charge in [-0.3, -0.25) is 4.79 Å². The Labute approximate surface area is 160 Å². The van der Waals surface area contributed by atoms with Gasteiger partial charge in [-0.05, 0) is 42.5 Å². The molecular weight excluding hydrogens is 336 g/mol. The minimum Gasteiger partial charge on any atom is -0.351 e. The van der Waals surface area contributed by atoms with Gasteiger partial charge in [-0.2, -0.15) is 0 Å². The molecule has 2 aromatic heterocycles. The van der Waals surface area contributed by atoms with Crippen LogP contribution in [0.4, 0.5) is 0 Å². The molecule has 2 heterocycles. The average molecular weight is 364 g/mol. The Bertz CT molecular complexity index is 935. The van der Waals surface area contributed by atoms with Crippen molar-refractivity contribution in [2.45, 2.75) is 46.2 Å². The molecule has 5 heteroatoms. The van der Waals surface area contributed by atoms with Crippen LogP contribution in [0.1, 0.15) is 47.8 Å². The van der Waals surface area contributed by atoms with E-state index < -0.39 is 0 Å². The number of benzene rings is 1. The lowest BCUT2D eigenvalue weighted by Gasteiger charge is -2.10. The zero-order chi connectivity index (χ0) is 19.4. The Kier molecular flexibility index (Phi) is 5.79. The lowest BCUT2D eigenvalue weighted by molar-refractivity contribution is 0.0944. The van der Waals surface area contributed by atoms with Gasteiger partial charge in [0, 0.05) is 42.9 Å². The number of fused-ring (bicyclic) bond motifs is 1. The van der Waals surface area contributed by atoms with Gasteiger partial charge in [0.25, 0.3) is 5.91 Å². The molecule has 0 aliphatic carbocycles. The zero-order valence-corrected chi connectivity index (χ0v) is 16.4. The minimum atomic E-state index is -0.0257. The van der Waals surface area contributed by atoms with E-state index in [-0.39, 0.29) is 5.91 Å². The van der Waals surface area contributed by atoms with Crippen molar-refractivity contribution in [3.05, 3.63) is 66.4 Å². The molecule has 1 aromatic carbocycles. The second-order valence-corrected chi connectivity index (χ2v) is 7.21. The van der Waals surface area contributed by atoms with Crippen LogP contribution in [0.5, 0.6) is 0 Å². The van der Waals surface area contributed by atoms with Crippen LogP contribution in [0.25, 0.3) is 10.9 Å². The highest BCUT2D eigenvalue weighted by atomic mass is 16.1. The molecule has 0 saturated carbocycles. The van der Waals surface area contributed by atoms with Gasteiger partial charge in [-0.25, -0.2) is 4.98 Å². The first kappa shape index (κ1) is 19.0. The van der Waals surface area contributed by atoms with Crippen molar-refractivity contribution >= 4 is 16.8 Å². The van der Waals surface area contributed by atoms with E-state index >= 15 is 0 Å². The molecule has 1 N–H and O–H groups in total. The maximum Gasteiger partial charge on any atom is 0.268 e. The number of rotatable bonds is 8. The molecule has 142 valence electrons. The number of carbonyl (C=O) groups excluding carboxylic acids is 1. The lowest BCUT2D eigenvalue weighted by atomic mass is 10.0. The Morgan fingerprint density at radius 2 is 2.19 bits per heavy atom. The van der Waals surface area contributed by atoms with Crippen LogP contribution in [0, 0.1) is 6.92 Å². The highest BCUT2D eigenvalue weighted by Gasteiger charge is 2.20. The summed E-state index contributed by atoms with van der Waals surface area (Å²) < 4.78 is 4.08. The summed E-state index contributed by atoms with van der Waals surface area (Å²) in [7, 11) is 0. The fourth-order valence-corrected chi connectivity index (χ4v) is 3.48. The molecule has 0 aliphatic rings. The standard InChI is InChI=1S/C22H28N4O/c1-5-11-26-20-8-7-18(16(2)3)14-19(20)17(4)21(26)22(27)24-9-6-12-25-13-10-23-15-25/h5,7-8,10,13-16H,1,6,9,11-12H2,2-4H3,(H,24,27). The number of nitrogens with one attached hydrogen (secondary N) is 1. The summed E-state index contributed by atoms with van der Waals surface area (Å²) >= 11 is 0. The van der Waals surface area contributed by atoms with Crippen LogP contribution in [0.3, 0.4) is 0 Å². The maximum atomic E-state index is 12.9. The first-order chi connectivity index (χ1) is 13.0. The predicted octanol–water partition coefficient (Wildman–Crippen LogP) is 4.28. The Hall–Kier alpha value is -2.82. The van der Waals surface area contributed by atoms with Gasteiger partial charge in [0.2, 0.25) is 0 Å².